The Kier molecular flexibility index (Phi) is 7.66. The number of benzene rings is 2. The Labute approximate surface area is 172 Å². The van der Waals surface area contributed by atoms with Crippen LogP contribution in [0, 0.1) is 11.3 Å². The highest BCUT2D eigenvalue weighted by Gasteiger charge is 2.34. The third kappa shape index (κ3) is 5.58. The number of carbonyl (C=O) groups is 1. The van der Waals surface area contributed by atoms with Crippen molar-refractivity contribution in [1.82, 2.24) is 4.90 Å². The van der Waals surface area contributed by atoms with Gasteiger partial charge in [0.1, 0.15) is 0 Å². The van der Waals surface area contributed by atoms with E-state index in [0.717, 1.165) is 24.8 Å². The molecule has 1 aliphatic heterocycles. The molecule has 1 aliphatic rings. The number of likely N-dealkylation sites (tertiary alicyclic amines) is 1. The van der Waals surface area contributed by atoms with E-state index in [1.165, 1.54) is 5.56 Å². The summed E-state index contributed by atoms with van der Waals surface area (Å²) in [5.74, 6) is 0.199. The second-order valence-electron chi connectivity index (χ2n) is 7.34. The van der Waals surface area contributed by atoms with Gasteiger partial charge in [0.15, 0.2) is 0 Å². The SMILES string of the molecule is CCCCOC(=O)N1CCC(c2ccccc2)C(OCc2ccccc2C#N)C1. The first-order chi connectivity index (χ1) is 14.2. The predicted molar refractivity (Wildman–Crippen MR) is 111 cm³/mol. The van der Waals surface area contributed by atoms with Gasteiger partial charge in [-0.05, 0) is 30.0 Å². The first-order valence-electron chi connectivity index (χ1n) is 10.3. The lowest BCUT2D eigenvalue weighted by atomic mass is 9.87. The molecule has 152 valence electrons. The molecule has 2 atom stereocenters. The molecule has 29 heavy (non-hydrogen) atoms. The van der Waals surface area contributed by atoms with Crippen molar-refractivity contribution >= 4 is 6.09 Å². The highest BCUT2D eigenvalue weighted by Crippen LogP contribution is 2.31. The molecule has 2 unspecified atom stereocenters. The zero-order valence-electron chi connectivity index (χ0n) is 16.9. The Hall–Kier alpha value is -2.84. The van der Waals surface area contributed by atoms with E-state index >= 15 is 0 Å². The maximum absolute atomic E-state index is 12.4. The minimum atomic E-state index is -0.268. The molecule has 1 fully saturated rings. The van der Waals surface area contributed by atoms with E-state index in [9.17, 15) is 10.1 Å². The first-order valence-corrected chi connectivity index (χ1v) is 10.3. The number of hydrogen-bond donors (Lipinski definition) is 0. The summed E-state index contributed by atoms with van der Waals surface area (Å²) in [6.45, 7) is 4.01. The van der Waals surface area contributed by atoms with Crippen LogP contribution >= 0.6 is 0 Å². The standard InChI is InChI=1S/C24H28N2O3/c1-2-3-15-28-24(27)26-14-13-22(19-9-5-4-6-10-19)23(17-26)29-18-21-12-8-7-11-20(21)16-25/h4-12,22-23H,2-3,13-15,17-18H2,1H3. The number of unbranched alkanes of at least 4 members (excludes halogenated alkanes) is 1. The summed E-state index contributed by atoms with van der Waals surface area (Å²) in [6, 6.07) is 20.0. The molecular weight excluding hydrogens is 364 g/mol. The fourth-order valence-electron chi connectivity index (χ4n) is 3.68. The minimum Gasteiger partial charge on any atom is -0.449 e. The van der Waals surface area contributed by atoms with E-state index in [0.29, 0.717) is 31.9 Å². The Morgan fingerprint density at radius 2 is 1.93 bits per heavy atom. The maximum Gasteiger partial charge on any atom is 0.409 e. The third-order valence-electron chi connectivity index (χ3n) is 5.36. The van der Waals surface area contributed by atoms with Gasteiger partial charge in [0.2, 0.25) is 0 Å². The number of ether oxygens (including phenoxy) is 2. The quantitative estimate of drug-likeness (QED) is 0.631. The van der Waals surface area contributed by atoms with Crippen LogP contribution in [0.15, 0.2) is 54.6 Å². The molecule has 5 heteroatoms. The molecule has 5 nitrogen and oxygen atoms in total. The van der Waals surface area contributed by atoms with Crippen LogP contribution in [-0.4, -0.2) is 36.8 Å². The average Bonchev–Trinajstić information content (AvgIpc) is 2.78. The minimum absolute atomic E-state index is 0.156. The molecule has 0 radical (unpaired) electrons. The fraction of sp³-hybridized carbons (Fsp3) is 0.417. The van der Waals surface area contributed by atoms with Gasteiger partial charge in [0.05, 0.1) is 37.5 Å². The molecule has 1 amide bonds. The summed E-state index contributed by atoms with van der Waals surface area (Å²) >= 11 is 0. The van der Waals surface area contributed by atoms with E-state index in [-0.39, 0.29) is 18.1 Å². The molecule has 2 aromatic rings. The molecule has 3 rings (SSSR count). The van der Waals surface area contributed by atoms with Gasteiger partial charge < -0.3 is 14.4 Å². The summed E-state index contributed by atoms with van der Waals surface area (Å²) in [5.41, 5.74) is 2.70. The molecular formula is C24H28N2O3. The lowest BCUT2D eigenvalue weighted by Gasteiger charge is -2.38. The summed E-state index contributed by atoms with van der Waals surface area (Å²) in [4.78, 5) is 14.2. The second-order valence-corrected chi connectivity index (χ2v) is 7.34. The monoisotopic (exact) mass is 392 g/mol. The van der Waals surface area contributed by atoms with Gasteiger partial charge >= 0.3 is 6.09 Å². The Morgan fingerprint density at radius 3 is 2.69 bits per heavy atom. The van der Waals surface area contributed by atoms with Gasteiger partial charge in [0, 0.05) is 12.5 Å². The Balaban J connectivity index is 1.71. The van der Waals surface area contributed by atoms with Crippen molar-refractivity contribution in [3.05, 3.63) is 71.3 Å². The molecule has 0 bridgehead atoms. The van der Waals surface area contributed by atoms with Crippen LogP contribution in [0.5, 0.6) is 0 Å². The Morgan fingerprint density at radius 1 is 1.17 bits per heavy atom. The maximum atomic E-state index is 12.4. The zero-order chi connectivity index (χ0) is 20.5. The van der Waals surface area contributed by atoms with Gasteiger partial charge in [-0.25, -0.2) is 4.79 Å². The molecule has 0 spiro atoms. The van der Waals surface area contributed by atoms with Crippen LogP contribution in [0.3, 0.4) is 0 Å². The van der Waals surface area contributed by atoms with E-state index in [4.69, 9.17) is 9.47 Å². The second kappa shape index (κ2) is 10.6. The van der Waals surface area contributed by atoms with Crippen LogP contribution in [0.1, 0.15) is 48.8 Å². The highest BCUT2D eigenvalue weighted by atomic mass is 16.6. The normalized spacial score (nSPS) is 18.8. The largest absolute Gasteiger partial charge is 0.449 e. The first kappa shape index (κ1) is 20.9. The summed E-state index contributed by atoms with van der Waals surface area (Å²) < 4.78 is 11.7. The summed E-state index contributed by atoms with van der Waals surface area (Å²) in [7, 11) is 0. The van der Waals surface area contributed by atoms with Crippen LogP contribution in [-0.2, 0) is 16.1 Å². The van der Waals surface area contributed by atoms with Crippen molar-refractivity contribution in [3.63, 3.8) is 0 Å². The zero-order valence-corrected chi connectivity index (χ0v) is 16.9. The van der Waals surface area contributed by atoms with E-state index in [1.54, 1.807) is 11.0 Å². The highest BCUT2D eigenvalue weighted by molar-refractivity contribution is 5.67. The van der Waals surface area contributed by atoms with Gasteiger partial charge in [0.25, 0.3) is 0 Å². The molecule has 1 saturated heterocycles. The molecule has 0 aliphatic carbocycles. The number of piperidine rings is 1. The van der Waals surface area contributed by atoms with Crippen LogP contribution in [0.25, 0.3) is 0 Å². The fourth-order valence-corrected chi connectivity index (χ4v) is 3.68. The summed E-state index contributed by atoms with van der Waals surface area (Å²) in [6.07, 6.45) is 2.26. The molecule has 0 N–H and O–H groups in total. The van der Waals surface area contributed by atoms with Crippen molar-refractivity contribution in [3.8, 4) is 6.07 Å². The van der Waals surface area contributed by atoms with Crippen LogP contribution < -0.4 is 0 Å². The van der Waals surface area contributed by atoms with Crippen molar-refractivity contribution < 1.29 is 14.3 Å². The number of carbonyl (C=O) groups excluding carboxylic acids is 1. The van der Waals surface area contributed by atoms with E-state index in [2.05, 4.69) is 25.1 Å². The molecule has 0 saturated carbocycles. The topological polar surface area (TPSA) is 62.6 Å². The van der Waals surface area contributed by atoms with Crippen molar-refractivity contribution in [1.29, 1.82) is 5.26 Å². The summed E-state index contributed by atoms with van der Waals surface area (Å²) in [5, 5.41) is 9.33. The average molecular weight is 392 g/mol. The van der Waals surface area contributed by atoms with E-state index < -0.39 is 0 Å². The van der Waals surface area contributed by atoms with Gasteiger partial charge in [-0.3, -0.25) is 0 Å². The number of nitriles is 1. The number of amides is 1. The van der Waals surface area contributed by atoms with Crippen LogP contribution in [0.2, 0.25) is 0 Å². The number of rotatable bonds is 7. The lowest BCUT2D eigenvalue weighted by molar-refractivity contribution is -0.0239. The van der Waals surface area contributed by atoms with Gasteiger partial charge in [-0.15, -0.1) is 0 Å². The van der Waals surface area contributed by atoms with Crippen LogP contribution in [0.4, 0.5) is 4.79 Å². The number of nitrogens with zero attached hydrogens (tertiary/aromatic N) is 2. The molecule has 1 heterocycles. The Bertz CT molecular complexity index is 832. The molecule has 0 aromatic heterocycles. The van der Waals surface area contributed by atoms with Crippen molar-refractivity contribution in [2.75, 3.05) is 19.7 Å². The van der Waals surface area contributed by atoms with Crippen molar-refractivity contribution in [2.24, 2.45) is 0 Å². The molecule has 2 aromatic carbocycles. The van der Waals surface area contributed by atoms with Crippen molar-refractivity contribution in [2.45, 2.75) is 44.8 Å². The predicted octanol–water partition coefficient (Wildman–Crippen LogP) is 4.87. The van der Waals surface area contributed by atoms with Gasteiger partial charge in [-0.2, -0.15) is 5.26 Å². The lowest BCUT2D eigenvalue weighted by Crippen LogP contribution is -2.47. The van der Waals surface area contributed by atoms with E-state index in [1.807, 2.05) is 36.4 Å². The smallest absolute Gasteiger partial charge is 0.409 e. The van der Waals surface area contributed by atoms with Gasteiger partial charge in [-0.1, -0.05) is 61.9 Å². The third-order valence-corrected chi connectivity index (χ3v) is 5.36. The number of hydrogen-bond acceptors (Lipinski definition) is 4.